The molecule has 0 bridgehead atoms. The van der Waals surface area contributed by atoms with Gasteiger partial charge in [0.05, 0.1) is 10.6 Å². The van der Waals surface area contributed by atoms with Crippen LogP contribution in [0.2, 0.25) is 0 Å². The number of sulfonamides is 1. The normalized spacial score (nSPS) is 24.8. The second-order valence-electron chi connectivity index (χ2n) is 8.88. The molecule has 166 valence electrons. The van der Waals surface area contributed by atoms with Crippen LogP contribution in [0.3, 0.4) is 0 Å². The Morgan fingerprint density at radius 1 is 1.10 bits per heavy atom. The van der Waals surface area contributed by atoms with Crippen molar-refractivity contribution in [3.63, 3.8) is 0 Å². The zero-order valence-corrected chi connectivity index (χ0v) is 19.3. The van der Waals surface area contributed by atoms with Gasteiger partial charge in [0.15, 0.2) is 0 Å². The predicted octanol–water partition coefficient (Wildman–Crippen LogP) is 5.25. The van der Waals surface area contributed by atoms with Gasteiger partial charge in [-0.1, -0.05) is 32.4 Å². The fourth-order valence-corrected chi connectivity index (χ4v) is 5.92. The molecule has 4 rings (SSSR count). The molecule has 1 saturated carbocycles. The van der Waals surface area contributed by atoms with Gasteiger partial charge in [-0.15, -0.1) is 0 Å². The molecule has 2 aromatic rings. The molecule has 0 amide bonds. The maximum atomic E-state index is 12.9. The van der Waals surface area contributed by atoms with E-state index in [1.54, 1.807) is 12.1 Å². The average molecular weight is 440 g/mol. The number of aliphatic imine (C=N–C) groups is 1. The van der Waals surface area contributed by atoms with E-state index in [1.807, 2.05) is 18.3 Å². The number of aromatic nitrogens is 1. The van der Waals surface area contributed by atoms with Gasteiger partial charge in [-0.25, -0.2) is 13.1 Å². The number of nitrogens with one attached hydrogen (secondary N) is 2. The highest BCUT2D eigenvalue weighted by atomic mass is 32.2. The monoisotopic (exact) mass is 439 g/mol. The summed E-state index contributed by atoms with van der Waals surface area (Å²) in [5, 5.41) is 0. The van der Waals surface area contributed by atoms with Crippen molar-refractivity contribution in [1.82, 2.24) is 9.71 Å². The van der Waals surface area contributed by atoms with Crippen molar-refractivity contribution in [2.75, 3.05) is 0 Å². The molecule has 1 aliphatic carbocycles. The summed E-state index contributed by atoms with van der Waals surface area (Å²) in [5.41, 5.74) is 6.05. The summed E-state index contributed by atoms with van der Waals surface area (Å²) in [6.07, 6.45) is 11.6. The lowest BCUT2D eigenvalue weighted by Crippen LogP contribution is -2.35. The molecule has 2 heterocycles. The topological polar surface area (TPSA) is 74.3 Å². The van der Waals surface area contributed by atoms with Crippen molar-refractivity contribution in [2.24, 2.45) is 10.9 Å². The van der Waals surface area contributed by atoms with Crippen LogP contribution in [0.5, 0.6) is 0 Å². The first-order valence-electron chi connectivity index (χ1n) is 11.5. The van der Waals surface area contributed by atoms with Gasteiger partial charge in [-0.3, -0.25) is 4.99 Å². The van der Waals surface area contributed by atoms with E-state index in [2.05, 4.69) is 35.8 Å². The third-order valence-corrected chi connectivity index (χ3v) is 7.98. The van der Waals surface area contributed by atoms with Crippen molar-refractivity contribution < 1.29 is 8.42 Å². The second-order valence-corrected chi connectivity index (χ2v) is 10.6. The van der Waals surface area contributed by atoms with Gasteiger partial charge in [-0.05, 0) is 80.2 Å². The highest BCUT2D eigenvalue weighted by Gasteiger charge is 2.24. The van der Waals surface area contributed by atoms with Crippen molar-refractivity contribution in [3.05, 3.63) is 58.9 Å². The summed E-state index contributed by atoms with van der Waals surface area (Å²) in [4.78, 5) is 8.61. The van der Waals surface area contributed by atoms with Crippen molar-refractivity contribution in [3.8, 4) is 0 Å². The first-order valence-corrected chi connectivity index (χ1v) is 13.0. The van der Waals surface area contributed by atoms with Crippen molar-refractivity contribution in [2.45, 2.75) is 76.2 Å². The summed E-state index contributed by atoms with van der Waals surface area (Å²) in [6, 6.07) is 9.31. The Morgan fingerprint density at radius 3 is 2.68 bits per heavy atom. The molecular formula is C25H33N3O2S. The Labute approximate surface area is 186 Å². The minimum atomic E-state index is -3.51. The molecule has 0 saturated heterocycles. The fraction of sp³-hybridized carbons (Fsp3) is 0.480. The highest BCUT2D eigenvalue weighted by Crippen LogP contribution is 2.34. The molecule has 1 aliphatic heterocycles. The number of nitrogens with zero attached hydrogens (tertiary/aromatic N) is 1. The van der Waals surface area contributed by atoms with Crippen LogP contribution >= 0.6 is 0 Å². The maximum Gasteiger partial charge on any atom is 0.240 e. The van der Waals surface area contributed by atoms with Crippen LogP contribution in [0.25, 0.3) is 5.70 Å². The van der Waals surface area contributed by atoms with Gasteiger partial charge < -0.3 is 4.98 Å². The molecule has 6 heteroatoms. The number of hydrogen-bond donors (Lipinski definition) is 2. The van der Waals surface area contributed by atoms with Crippen LogP contribution in [0.1, 0.15) is 69.2 Å². The quantitative estimate of drug-likeness (QED) is 0.682. The van der Waals surface area contributed by atoms with Crippen LogP contribution in [0.15, 0.2) is 52.0 Å². The van der Waals surface area contributed by atoms with Crippen LogP contribution in [0.4, 0.5) is 0 Å². The number of aryl methyl sites for hydroxylation is 1. The lowest BCUT2D eigenvalue weighted by molar-refractivity contribution is 0.462. The second kappa shape index (κ2) is 9.53. The predicted molar refractivity (Wildman–Crippen MR) is 127 cm³/mol. The molecule has 1 aromatic carbocycles. The van der Waals surface area contributed by atoms with Crippen LogP contribution in [-0.4, -0.2) is 25.7 Å². The van der Waals surface area contributed by atoms with Crippen molar-refractivity contribution in [1.29, 1.82) is 0 Å². The lowest BCUT2D eigenvalue weighted by atomic mass is 9.90. The van der Waals surface area contributed by atoms with E-state index in [9.17, 15) is 8.42 Å². The molecule has 1 fully saturated rings. The van der Waals surface area contributed by atoms with E-state index < -0.39 is 10.0 Å². The Hall–Kier alpha value is -2.18. The minimum absolute atomic E-state index is 0.0499. The average Bonchev–Trinajstić information content (AvgIpc) is 3.13. The van der Waals surface area contributed by atoms with Crippen LogP contribution in [-0.2, 0) is 22.9 Å². The van der Waals surface area contributed by atoms with E-state index in [0.717, 1.165) is 62.6 Å². The minimum Gasteiger partial charge on any atom is -0.364 e. The van der Waals surface area contributed by atoms with Gasteiger partial charge in [0.25, 0.3) is 0 Å². The Morgan fingerprint density at radius 2 is 1.90 bits per heavy atom. The van der Waals surface area contributed by atoms with Gasteiger partial charge in [0.1, 0.15) is 0 Å². The van der Waals surface area contributed by atoms with Crippen LogP contribution in [0, 0.1) is 5.92 Å². The SMILES string of the molecule is CCc1ccc(S(=O)(=O)NC2CCCC/C(=C3/N=CC(C)Cc4[nH]ccc43)CC2)cc1. The summed E-state index contributed by atoms with van der Waals surface area (Å²) >= 11 is 0. The van der Waals surface area contributed by atoms with E-state index in [0.29, 0.717) is 10.8 Å². The fourth-order valence-electron chi connectivity index (χ4n) is 4.62. The largest absolute Gasteiger partial charge is 0.364 e. The molecule has 2 N–H and O–H groups in total. The molecule has 2 atom stereocenters. The Balaban J connectivity index is 1.53. The number of benzene rings is 1. The number of fused-ring (bicyclic) bond motifs is 1. The van der Waals surface area contributed by atoms with E-state index >= 15 is 0 Å². The summed E-state index contributed by atoms with van der Waals surface area (Å²) in [5.74, 6) is 0.405. The molecule has 2 unspecified atom stereocenters. The highest BCUT2D eigenvalue weighted by molar-refractivity contribution is 7.89. The van der Waals surface area contributed by atoms with Gasteiger partial charge >= 0.3 is 0 Å². The number of aromatic amines is 1. The van der Waals surface area contributed by atoms with Gasteiger partial charge in [-0.2, -0.15) is 0 Å². The third kappa shape index (κ3) is 5.18. The van der Waals surface area contributed by atoms with Gasteiger partial charge in [0.2, 0.25) is 10.0 Å². The lowest BCUT2D eigenvalue weighted by Gasteiger charge is -2.23. The zero-order valence-electron chi connectivity index (χ0n) is 18.5. The molecular weight excluding hydrogens is 406 g/mol. The van der Waals surface area contributed by atoms with E-state index in [1.165, 1.54) is 16.8 Å². The molecule has 0 spiro atoms. The number of H-pyrrole nitrogens is 1. The van der Waals surface area contributed by atoms with E-state index in [4.69, 9.17) is 4.99 Å². The molecule has 31 heavy (non-hydrogen) atoms. The Kier molecular flexibility index (Phi) is 6.77. The molecule has 1 aromatic heterocycles. The smallest absolute Gasteiger partial charge is 0.240 e. The summed E-state index contributed by atoms with van der Waals surface area (Å²) < 4.78 is 28.9. The standard InChI is InChI=1S/C25H33N3O2S/c1-3-19-8-12-22(13-9-19)31(29,30)28-21-7-5-4-6-20(10-11-21)25-23-14-15-26-24(23)16-18(2)17-27-25/h8-9,12-15,17-18,21,26,28H,3-7,10-11,16H2,1-2H3/b25-20-. The van der Waals surface area contributed by atoms with Gasteiger partial charge in [0, 0.05) is 29.7 Å². The third-order valence-electron chi connectivity index (χ3n) is 6.45. The van der Waals surface area contributed by atoms with Crippen molar-refractivity contribution >= 4 is 21.9 Å². The zero-order chi connectivity index (χ0) is 21.8. The summed E-state index contributed by atoms with van der Waals surface area (Å²) in [6.45, 7) is 4.26. The van der Waals surface area contributed by atoms with Crippen LogP contribution < -0.4 is 4.72 Å². The Bertz CT molecular complexity index is 1060. The molecule has 0 radical (unpaired) electrons. The summed E-state index contributed by atoms with van der Waals surface area (Å²) in [7, 11) is -3.51. The first-order chi connectivity index (χ1) is 15.0. The van der Waals surface area contributed by atoms with E-state index in [-0.39, 0.29) is 6.04 Å². The maximum absolute atomic E-state index is 12.9. The number of hydrogen-bond acceptors (Lipinski definition) is 3. The first kappa shape index (κ1) is 22.0. The molecule has 2 aliphatic rings. The number of rotatable bonds is 4. The number of allylic oxidation sites excluding steroid dienone is 1. The molecule has 5 nitrogen and oxygen atoms in total.